The quantitative estimate of drug-likeness (QED) is 0.796. The highest BCUT2D eigenvalue weighted by atomic mass is 32.2. The summed E-state index contributed by atoms with van der Waals surface area (Å²) in [4.78, 5) is 16.2. The van der Waals surface area contributed by atoms with Gasteiger partial charge in [0.25, 0.3) is 0 Å². The standard InChI is InChI=1S/C18H26N2O4S/c1-19(2)18(21)15-8-9-25(22,23)17-12-20(11-16(15)17)10-13-4-6-14(24-3)7-5-13/h4-7,15-17H,8-12H2,1-3H3/t15-,16+,17+/m1/s1. The van der Waals surface area contributed by atoms with E-state index in [1.807, 2.05) is 24.3 Å². The first-order valence-electron chi connectivity index (χ1n) is 8.60. The zero-order valence-corrected chi connectivity index (χ0v) is 15.8. The Morgan fingerprint density at radius 2 is 1.92 bits per heavy atom. The summed E-state index contributed by atoms with van der Waals surface area (Å²) in [6.07, 6.45) is 0.441. The first-order valence-corrected chi connectivity index (χ1v) is 10.3. The molecule has 6 nitrogen and oxygen atoms in total. The van der Waals surface area contributed by atoms with E-state index in [2.05, 4.69) is 4.90 Å². The molecule has 2 saturated heterocycles. The summed E-state index contributed by atoms with van der Waals surface area (Å²) in [6.45, 7) is 1.85. The number of ether oxygens (including phenoxy) is 1. The van der Waals surface area contributed by atoms with Crippen molar-refractivity contribution >= 4 is 15.7 Å². The van der Waals surface area contributed by atoms with Crippen LogP contribution in [0.5, 0.6) is 5.75 Å². The molecule has 3 rings (SSSR count). The van der Waals surface area contributed by atoms with Crippen LogP contribution in [0.25, 0.3) is 0 Å². The molecular formula is C18H26N2O4S. The second-order valence-corrected chi connectivity index (χ2v) is 9.58. The first kappa shape index (κ1) is 18.2. The number of likely N-dealkylation sites (tertiary alicyclic amines) is 1. The molecule has 2 aliphatic rings. The van der Waals surface area contributed by atoms with Gasteiger partial charge in [-0.2, -0.15) is 0 Å². The van der Waals surface area contributed by atoms with E-state index in [-0.39, 0.29) is 23.5 Å². The summed E-state index contributed by atoms with van der Waals surface area (Å²) in [5.41, 5.74) is 1.12. The molecule has 0 saturated carbocycles. The highest BCUT2D eigenvalue weighted by molar-refractivity contribution is 7.92. The molecule has 0 unspecified atom stereocenters. The number of carbonyl (C=O) groups is 1. The van der Waals surface area contributed by atoms with Crippen molar-refractivity contribution in [3.05, 3.63) is 29.8 Å². The number of hydrogen-bond acceptors (Lipinski definition) is 5. The maximum atomic E-state index is 12.5. The summed E-state index contributed by atoms with van der Waals surface area (Å²) >= 11 is 0. The average molecular weight is 366 g/mol. The summed E-state index contributed by atoms with van der Waals surface area (Å²) in [5, 5.41) is -0.423. The lowest BCUT2D eigenvalue weighted by Crippen LogP contribution is -2.46. The van der Waals surface area contributed by atoms with Gasteiger partial charge in [0, 0.05) is 45.6 Å². The lowest BCUT2D eigenvalue weighted by Gasteiger charge is -2.33. The van der Waals surface area contributed by atoms with E-state index in [9.17, 15) is 13.2 Å². The smallest absolute Gasteiger partial charge is 0.225 e. The SMILES string of the molecule is COc1ccc(CN2C[C@H]3[C@H](C(=O)N(C)C)CCS(=O)(=O)[C@H]3C2)cc1. The topological polar surface area (TPSA) is 66.9 Å². The van der Waals surface area contributed by atoms with E-state index in [1.165, 1.54) is 0 Å². The normalized spacial score (nSPS) is 28.4. The van der Waals surface area contributed by atoms with Crippen molar-refractivity contribution in [2.45, 2.75) is 18.2 Å². The Morgan fingerprint density at radius 3 is 2.52 bits per heavy atom. The first-order chi connectivity index (χ1) is 11.8. The van der Waals surface area contributed by atoms with E-state index in [4.69, 9.17) is 4.74 Å². The summed E-state index contributed by atoms with van der Waals surface area (Å²) < 4.78 is 30.2. The van der Waals surface area contributed by atoms with Crippen LogP contribution in [0.15, 0.2) is 24.3 Å². The Bertz CT molecular complexity index is 730. The molecular weight excluding hydrogens is 340 g/mol. The molecule has 1 aromatic rings. The Hall–Kier alpha value is -1.60. The number of fused-ring (bicyclic) bond motifs is 1. The molecule has 1 aromatic carbocycles. The van der Waals surface area contributed by atoms with Crippen molar-refractivity contribution in [3.63, 3.8) is 0 Å². The van der Waals surface area contributed by atoms with E-state index in [0.717, 1.165) is 11.3 Å². The monoisotopic (exact) mass is 366 g/mol. The molecule has 1 amide bonds. The van der Waals surface area contributed by atoms with Crippen LogP contribution >= 0.6 is 0 Å². The third kappa shape index (κ3) is 3.67. The van der Waals surface area contributed by atoms with Crippen molar-refractivity contribution in [2.75, 3.05) is 40.0 Å². The molecule has 0 spiro atoms. The summed E-state index contributed by atoms with van der Waals surface area (Å²) in [5.74, 6) is 0.681. The zero-order valence-electron chi connectivity index (χ0n) is 15.0. The molecule has 138 valence electrons. The van der Waals surface area contributed by atoms with Crippen LogP contribution in [0.4, 0.5) is 0 Å². The van der Waals surface area contributed by atoms with Gasteiger partial charge in [0.2, 0.25) is 5.91 Å². The van der Waals surface area contributed by atoms with Crippen LogP contribution in [0, 0.1) is 11.8 Å². The van der Waals surface area contributed by atoms with Crippen LogP contribution in [-0.2, 0) is 21.2 Å². The molecule has 0 aromatic heterocycles. The molecule has 0 bridgehead atoms. The minimum Gasteiger partial charge on any atom is -0.497 e. The Balaban J connectivity index is 1.76. The van der Waals surface area contributed by atoms with Crippen molar-refractivity contribution in [1.29, 1.82) is 0 Å². The van der Waals surface area contributed by atoms with Crippen LogP contribution in [-0.4, -0.2) is 69.4 Å². The average Bonchev–Trinajstić information content (AvgIpc) is 3.00. The molecule has 0 aliphatic carbocycles. The van der Waals surface area contributed by atoms with E-state index in [0.29, 0.717) is 26.1 Å². The largest absolute Gasteiger partial charge is 0.497 e. The highest BCUT2D eigenvalue weighted by Crippen LogP contribution is 2.38. The molecule has 2 heterocycles. The van der Waals surface area contributed by atoms with Gasteiger partial charge in [0.05, 0.1) is 18.1 Å². The minimum atomic E-state index is -3.12. The fourth-order valence-corrected chi connectivity index (χ4v) is 6.19. The fourth-order valence-electron chi connectivity index (χ4n) is 4.06. The van der Waals surface area contributed by atoms with Gasteiger partial charge in [0.15, 0.2) is 9.84 Å². The number of hydrogen-bond donors (Lipinski definition) is 0. The van der Waals surface area contributed by atoms with Crippen LogP contribution in [0.3, 0.4) is 0 Å². The number of sulfone groups is 1. The van der Waals surface area contributed by atoms with Gasteiger partial charge >= 0.3 is 0 Å². The van der Waals surface area contributed by atoms with Gasteiger partial charge in [-0.3, -0.25) is 9.69 Å². The summed E-state index contributed by atoms with van der Waals surface area (Å²) in [7, 11) is 1.99. The third-order valence-electron chi connectivity index (χ3n) is 5.40. The molecule has 2 aliphatic heterocycles. The number of nitrogens with zero attached hydrogens (tertiary/aromatic N) is 2. The predicted molar refractivity (Wildman–Crippen MR) is 96.1 cm³/mol. The lowest BCUT2D eigenvalue weighted by molar-refractivity contribution is -0.134. The molecule has 3 atom stereocenters. The number of amides is 1. The molecule has 7 heteroatoms. The summed E-state index contributed by atoms with van der Waals surface area (Å²) in [6, 6.07) is 7.82. The lowest BCUT2D eigenvalue weighted by atomic mass is 9.87. The van der Waals surface area contributed by atoms with Gasteiger partial charge in [-0.25, -0.2) is 8.42 Å². The van der Waals surface area contributed by atoms with Gasteiger partial charge < -0.3 is 9.64 Å². The zero-order chi connectivity index (χ0) is 18.2. The highest BCUT2D eigenvalue weighted by Gasteiger charge is 2.50. The van der Waals surface area contributed by atoms with Crippen molar-refractivity contribution in [1.82, 2.24) is 9.80 Å². The van der Waals surface area contributed by atoms with Crippen molar-refractivity contribution in [2.24, 2.45) is 11.8 Å². The van der Waals surface area contributed by atoms with Crippen molar-refractivity contribution in [3.8, 4) is 5.75 Å². The molecule has 0 N–H and O–H groups in total. The van der Waals surface area contributed by atoms with E-state index < -0.39 is 15.1 Å². The van der Waals surface area contributed by atoms with Gasteiger partial charge in [-0.1, -0.05) is 12.1 Å². The Labute approximate surface area is 149 Å². The van der Waals surface area contributed by atoms with Crippen molar-refractivity contribution < 1.29 is 17.9 Å². The molecule has 25 heavy (non-hydrogen) atoms. The minimum absolute atomic E-state index is 0.0520. The van der Waals surface area contributed by atoms with E-state index in [1.54, 1.807) is 26.1 Å². The number of rotatable bonds is 4. The van der Waals surface area contributed by atoms with Crippen LogP contribution in [0.2, 0.25) is 0 Å². The van der Waals surface area contributed by atoms with Crippen LogP contribution < -0.4 is 4.74 Å². The second kappa shape index (κ2) is 6.96. The fraction of sp³-hybridized carbons (Fsp3) is 0.611. The maximum Gasteiger partial charge on any atom is 0.225 e. The molecule has 2 fully saturated rings. The number of benzene rings is 1. The number of carbonyl (C=O) groups excluding carboxylic acids is 1. The Morgan fingerprint density at radius 1 is 1.24 bits per heavy atom. The van der Waals surface area contributed by atoms with E-state index >= 15 is 0 Å². The van der Waals surface area contributed by atoms with Gasteiger partial charge in [-0.05, 0) is 24.1 Å². The predicted octanol–water partition coefficient (Wildman–Crippen LogP) is 1.02. The second-order valence-electron chi connectivity index (χ2n) is 7.24. The van der Waals surface area contributed by atoms with Crippen LogP contribution in [0.1, 0.15) is 12.0 Å². The Kier molecular flexibility index (Phi) is 5.06. The maximum absolute atomic E-state index is 12.5. The third-order valence-corrected chi connectivity index (χ3v) is 7.63. The van der Waals surface area contributed by atoms with Gasteiger partial charge in [-0.15, -0.1) is 0 Å². The number of methoxy groups -OCH3 is 1. The van der Waals surface area contributed by atoms with Gasteiger partial charge in [0.1, 0.15) is 5.75 Å². The molecule has 0 radical (unpaired) electrons.